The fourth-order valence-corrected chi connectivity index (χ4v) is 2.54. The highest BCUT2D eigenvalue weighted by Gasteiger charge is 2.08. The molecule has 2 aromatic rings. The van der Waals surface area contributed by atoms with Crippen LogP contribution in [-0.2, 0) is 6.54 Å². The van der Waals surface area contributed by atoms with E-state index in [-0.39, 0.29) is 5.69 Å². The standard InChI is InChI=1S/C18H22ClN3O2/c1-13(2)15-5-3-14(4-6-15)12-20-9-10-21-18-8-7-16(22(23)24)11-17(18)19/h3-8,11,13,20-21H,9-10,12H2,1-2H3. The maximum atomic E-state index is 10.7. The van der Waals surface area contributed by atoms with E-state index < -0.39 is 4.92 Å². The maximum absolute atomic E-state index is 10.7. The first-order valence-electron chi connectivity index (χ1n) is 7.94. The lowest BCUT2D eigenvalue weighted by molar-refractivity contribution is -0.384. The number of nitro benzene ring substituents is 1. The van der Waals surface area contributed by atoms with Gasteiger partial charge in [0.2, 0.25) is 0 Å². The highest BCUT2D eigenvalue weighted by atomic mass is 35.5. The highest BCUT2D eigenvalue weighted by Crippen LogP contribution is 2.26. The smallest absolute Gasteiger partial charge is 0.271 e. The van der Waals surface area contributed by atoms with Crippen molar-refractivity contribution in [3.05, 3.63) is 68.7 Å². The Morgan fingerprint density at radius 1 is 1.12 bits per heavy atom. The molecule has 0 saturated heterocycles. The second-order valence-corrected chi connectivity index (χ2v) is 6.33. The summed E-state index contributed by atoms with van der Waals surface area (Å²) in [6.45, 7) is 6.61. The van der Waals surface area contributed by atoms with Crippen LogP contribution in [0.3, 0.4) is 0 Å². The molecule has 2 rings (SSSR count). The van der Waals surface area contributed by atoms with E-state index in [2.05, 4.69) is 48.7 Å². The van der Waals surface area contributed by atoms with Gasteiger partial charge in [0.15, 0.2) is 0 Å². The molecule has 0 aromatic heterocycles. The van der Waals surface area contributed by atoms with Crippen LogP contribution in [0, 0.1) is 10.1 Å². The number of anilines is 1. The van der Waals surface area contributed by atoms with Gasteiger partial charge in [-0.25, -0.2) is 0 Å². The third-order valence-electron chi connectivity index (χ3n) is 3.76. The summed E-state index contributed by atoms with van der Waals surface area (Å²) in [5, 5.41) is 17.6. The van der Waals surface area contributed by atoms with Crippen molar-refractivity contribution in [2.75, 3.05) is 18.4 Å². The van der Waals surface area contributed by atoms with Crippen LogP contribution in [0.25, 0.3) is 0 Å². The number of nitrogens with one attached hydrogen (secondary N) is 2. The van der Waals surface area contributed by atoms with E-state index in [4.69, 9.17) is 11.6 Å². The van der Waals surface area contributed by atoms with Crippen LogP contribution in [0.2, 0.25) is 5.02 Å². The number of hydrogen-bond donors (Lipinski definition) is 2. The molecule has 0 aliphatic rings. The molecule has 2 N–H and O–H groups in total. The third-order valence-corrected chi connectivity index (χ3v) is 4.07. The Hall–Kier alpha value is -2.11. The number of nitro groups is 1. The maximum Gasteiger partial charge on any atom is 0.271 e. The van der Waals surface area contributed by atoms with E-state index in [0.717, 1.165) is 13.1 Å². The van der Waals surface area contributed by atoms with Crippen LogP contribution < -0.4 is 10.6 Å². The van der Waals surface area contributed by atoms with Crippen LogP contribution in [0.1, 0.15) is 30.9 Å². The summed E-state index contributed by atoms with van der Waals surface area (Å²) in [5.74, 6) is 0.544. The van der Waals surface area contributed by atoms with Gasteiger partial charge in [-0.3, -0.25) is 10.1 Å². The molecule has 2 aromatic carbocycles. The lowest BCUT2D eigenvalue weighted by atomic mass is 10.0. The molecule has 0 unspecified atom stereocenters. The molecule has 0 aliphatic carbocycles. The molecule has 0 saturated carbocycles. The second kappa shape index (κ2) is 8.66. The van der Waals surface area contributed by atoms with Gasteiger partial charge in [0.1, 0.15) is 0 Å². The summed E-state index contributed by atoms with van der Waals surface area (Å²) < 4.78 is 0. The van der Waals surface area contributed by atoms with Crippen molar-refractivity contribution in [2.45, 2.75) is 26.3 Å². The summed E-state index contributed by atoms with van der Waals surface area (Å²) in [6.07, 6.45) is 0. The second-order valence-electron chi connectivity index (χ2n) is 5.92. The molecule has 128 valence electrons. The Morgan fingerprint density at radius 2 is 1.83 bits per heavy atom. The van der Waals surface area contributed by atoms with Crippen molar-refractivity contribution < 1.29 is 4.92 Å². The number of benzene rings is 2. The van der Waals surface area contributed by atoms with Gasteiger partial charge in [0.25, 0.3) is 5.69 Å². The number of rotatable bonds is 8. The normalized spacial score (nSPS) is 10.8. The highest BCUT2D eigenvalue weighted by molar-refractivity contribution is 6.33. The first-order chi connectivity index (χ1) is 11.5. The summed E-state index contributed by atoms with van der Waals surface area (Å²) in [5.41, 5.74) is 3.28. The van der Waals surface area contributed by atoms with Crippen LogP contribution in [-0.4, -0.2) is 18.0 Å². The lowest BCUT2D eigenvalue weighted by Gasteiger charge is -2.10. The Balaban J connectivity index is 1.74. The fraction of sp³-hybridized carbons (Fsp3) is 0.333. The van der Waals surface area contributed by atoms with Crippen molar-refractivity contribution in [3.8, 4) is 0 Å². The van der Waals surface area contributed by atoms with Crippen molar-refractivity contribution >= 4 is 23.0 Å². The molecular formula is C18H22ClN3O2. The Labute approximate surface area is 147 Å². The zero-order valence-corrected chi connectivity index (χ0v) is 14.6. The Bertz CT molecular complexity index is 687. The van der Waals surface area contributed by atoms with E-state index in [1.54, 1.807) is 6.07 Å². The topological polar surface area (TPSA) is 67.2 Å². The first kappa shape index (κ1) is 18.2. The zero-order chi connectivity index (χ0) is 17.5. The van der Waals surface area contributed by atoms with E-state index in [1.807, 2.05) is 0 Å². The molecule has 0 atom stereocenters. The van der Waals surface area contributed by atoms with E-state index in [1.165, 1.54) is 23.3 Å². The van der Waals surface area contributed by atoms with Crippen LogP contribution in [0.15, 0.2) is 42.5 Å². The summed E-state index contributed by atoms with van der Waals surface area (Å²) in [4.78, 5) is 10.2. The monoisotopic (exact) mass is 347 g/mol. The van der Waals surface area contributed by atoms with Gasteiger partial charge in [0, 0.05) is 31.8 Å². The molecular weight excluding hydrogens is 326 g/mol. The van der Waals surface area contributed by atoms with Crippen LogP contribution in [0.4, 0.5) is 11.4 Å². The average Bonchev–Trinajstić information content (AvgIpc) is 2.56. The zero-order valence-electron chi connectivity index (χ0n) is 13.9. The van der Waals surface area contributed by atoms with Gasteiger partial charge < -0.3 is 10.6 Å². The fourth-order valence-electron chi connectivity index (χ4n) is 2.30. The molecule has 6 heteroatoms. The molecule has 0 aliphatic heterocycles. The molecule has 0 spiro atoms. The summed E-state index contributed by atoms with van der Waals surface area (Å²) >= 11 is 6.04. The van der Waals surface area contributed by atoms with Gasteiger partial charge in [-0.15, -0.1) is 0 Å². The Morgan fingerprint density at radius 3 is 2.42 bits per heavy atom. The predicted octanol–water partition coefficient (Wildman–Crippen LogP) is 4.57. The minimum Gasteiger partial charge on any atom is -0.383 e. The molecule has 0 bridgehead atoms. The van der Waals surface area contributed by atoms with Crippen LogP contribution >= 0.6 is 11.6 Å². The number of halogens is 1. The van der Waals surface area contributed by atoms with E-state index in [0.29, 0.717) is 23.2 Å². The largest absolute Gasteiger partial charge is 0.383 e. The molecule has 0 radical (unpaired) electrons. The molecule has 0 amide bonds. The molecule has 0 heterocycles. The number of hydrogen-bond acceptors (Lipinski definition) is 4. The average molecular weight is 348 g/mol. The number of nitrogens with zero attached hydrogens (tertiary/aromatic N) is 1. The minimum absolute atomic E-state index is 0.00600. The van der Waals surface area contributed by atoms with Crippen molar-refractivity contribution in [1.29, 1.82) is 0 Å². The molecule has 0 fully saturated rings. The van der Waals surface area contributed by atoms with Crippen molar-refractivity contribution in [1.82, 2.24) is 5.32 Å². The van der Waals surface area contributed by atoms with E-state index >= 15 is 0 Å². The van der Waals surface area contributed by atoms with Crippen molar-refractivity contribution in [2.24, 2.45) is 0 Å². The Kier molecular flexibility index (Phi) is 6.58. The van der Waals surface area contributed by atoms with Gasteiger partial charge in [0.05, 0.1) is 15.6 Å². The SMILES string of the molecule is CC(C)c1ccc(CNCCNc2ccc([N+](=O)[O-])cc2Cl)cc1. The summed E-state index contributed by atoms with van der Waals surface area (Å²) in [6, 6.07) is 13.0. The first-order valence-corrected chi connectivity index (χ1v) is 8.32. The molecule has 24 heavy (non-hydrogen) atoms. The van der Waals surface area contributed by atoms with E-state index in [9.17, 15) is 10.1 Å². The third kappa shape index (κ3) is 5.22. The summed E-state index contributed by atoms with van der Waals surface area (Å²) in [7, 11) is 0. The lowest BCUT2D eigenvalue weighted by Crippen LogP contribution is -2.21. The molecule has 5 nitrogen and oxygen atoms in total. The van der Waals surface area contributed by atoms with Crippen LogP contribution in [0.5, 0.6) is 0 Å². The number of non-ortho nitro benzene ring substituents is 1. The van der Waals surface area contributed by atoms with Gasteiger partial charge in [-0.2, -0.15) is 0 Å². The quantitative estimate of drug-likeness (QED) is 0.417. The van der Waals surface area contributed by atoms with Gasteiger partial charge in [-0.1, -0.05) is 49.7 Å². The predicted molar refractivity (Wildman–Crippen MR) is 98.8 cm³/mol. The minimum atomic E-state index is -0.457. The van der Waals surface area contributed by atoms with Gasteiger partial charge >= 0.3 is 0 Å². The van der Waals surface area contributed by atoms with Gasteiger partial charge in [-0.05, 0) is 23.1 Å². The van der Waals surface area contributed by atoms with Crippen molar-refractivity contribution in [3.63, 3.8) is 0 Å².